The number of hydrogen-bond donors (Lipinski definition) is 3. The summed E-state index contributed by atoms with van der Waals surface area (Å²) in [5.41, 5.74) is 4.77. The number of hydrogen-bond acceptors (Lipinski definition) is 3. The summed E-state index contributed by atoms with van der Waals surface area (Å²) >= 11 is 0. The smallest absolute Gasteiger partial charge is 0.191 e. The van der Waals surface area contributed by atoms with Gasteiger partial charge in [-0.25, -0.2) is 0 Å². The van der Waals surface area contributed by atoms with Crippen LogP contribution in [-0.2, 0) is 13.6 Å². The Bertz CT molecular complexity index is 796. The van der Waals surface area contributed by atoms with Gasteiger partial charge >= 0.3 is 0 Å². The summed E-state index contributed by atoms with van der Waals surface area (Å²) in [6.07, 6.45) is 2.07. The summed E-state index contributed by atoms with van der Waals surface area (Å²) in [6, 6.07) is 10.9. The number of nitrogens with one attached hydrogen (secondary N) is 3. The molecule has 0 bridgehead atoms. The molecule has 30 heavy (non-hydrogen) atoms. The molecule has 6 nitrogen and oxygen atoms in total. The fourth-order valence-corrected chi connectivity index (χ4v) is 3.76. The van der Waals surface area contributed by atoms with E-state index in [1.807, 2.05) is 25.7 Å². The van der Waals surface area contributed by atoms with Crippen molar-refractivity contribution in [1.29, 1.82) is 0 Å². The first-order chi connectivity index (χ1) is 13.9. The molecule has 2 aromatic rings. The maximum atomic E-state index is 4.49. The molecule has 7 heteroatoms. The van der Waals surface area contributed by atoms with Crippen LogP contribution in [0.3, 0.4) is 0 Å². The Kier molecular flexibility index (Phi) is 10.8. The van der Waals surface area contributed by atoms with Crippen LogP contribution >= 0.6 is 24.0 Å². The van der Waals surface area contributed by atoms with E-state index in [-0.39, 0.29) is 35.6 Å². The minimum absolute atomic E-state index is 0. The van der Waals surface area contributed by atoms with Crippen LogP contribution in [0.1, 0.15) is 62.2 Å². The van der Waals surface area contributed by atoms with E-state index in [4.69, 9.17) is 0 Å². The normalized spacial score (nSPS) is 13.0. The Morgan fingerprint density at radius 3 is 2.27 bits per heavy atom. The largest absolute Gasteiger partial charge is 0.355 e. The fourth-order valence-electron chi connectivity index (χ4n) is 3.76. The lowest BCUT2D eigenvalue weighted by atomic mass is 9.90. The van der Waals surface area contributed by atoms with E-state index in [0.717, 1.165) is 31.0 Å². The summed E-state index contributed by atoms with van der Waals surface area (Å²) in [4.78, 5) is 4.42. The monoisotopic (exact) mass is 526 g/mol. The van der Waals surface area contributed by atoms with Gasteiger partial charge in [-0.3, -0.25) is 9.67 Å². The number of rotatable bonds is 9. The Hall–Kier alpha value is -1.61. The summed E-state index contributed by atoms with van der Waals surface area (Å²) in [7, 11) is 3.80. The van der Waals surface area contributed by atoms with E-state index < -0.39 is 0 Å². The van der Waals surface area contributed by atoms with Crippen molar-refractivity contribution < 1.29 is 0 Å². The van der Waals surface area contributed by atoms with E-state index in [0.29, 0.717) is 6.54 Å². The predicted molar refractivity (Wildman–Crippen MR) is 138 cm³/mol. The SMILES string of the molecule is CCC(CC)(CNC(=NC)NCc1c(C)nn(C)c1C)NC(C)c1ccccc1.I. The van der Waals surface area contributed by atoms with Crippen LogP contribution in [0.5, 0.6) is 0 Å². The zero-order chi connectivity index (χ0) is 21.4. The maximum absolute atomic E-state index is 4.49. The average molecular weight is 527 g/mol. The van der Waals surface area contributed by atoms with Gasteiger partial charge < -0.3 is 16.0 Å². The van der Waals surface area contributed by atoms with Gasteiger partial charge in [0.05, 0.1) is 5.69 Å². The number of aliphatic imine (C=N–C) groups is 1. The molecule has 0 saturated heterocycles. The first-order valence-corrected chi connectivity index (χ1v) is 10.6. The molecule has 0 saturated carbocycles. The molecule has 1 unspecified atom stereocenters. The Balaban J connectivity index is 0.00000450. The van der Waals surface area contributed by atoms with Crippen molar-refractivity contribution in [3.8, 4) is 0 Å². The highest BCUT2D eigenvalue weighted by molar-refractivity contribution is 14.0. The molecule has 0 radical (unpaired) electrons. The van der Waals surface area contributed by atoms with Gasteiger partial charge in [-0.1, -0.05) is 44.2 Å². The van der Waals surface area contributed by atoms with E-state index in [2.05, 4.69) is 84.1 Å². The van der Waals surface area contributed by atoms with Crippen LogP contribution in [0.2, 0.25) is 0 Å². The van der Waals surface area contributed by atoms with Gasteiger partial charge in [0.1, 0.15) is 0 Å². The molecular weight excluding hydrogens is 487 g/mol. The van der Waals surface area contributed by atoms with Crippen LogP contribution in [0, 0.1) is 13.8 Å². The number of aromatic nitrogens is 2. The number of benzene rings is 1. The highest BCUT2D eigenvalue weighted by Gasteiger charge is 2.28. The first-order valence-electron chi connectivity index (χ1n) is 10.6. The van der Waals surface area contributed by atoms with Gasteiger partial charge in [-0.2, -0.15) is 5.10 Å². The van der Waals surface area contributed by atoms with Gasteiger partial charge in [0.15, 0.2) is 5.96 Å². The zero-order valence-corrected chi connectivity index (χ0v) is 21.9. The summed E-state index contributed by atoms with van der Waals surface area (Å²) < 4.78 is 1.93. The maximum Gasteiger partial charge on any atom is 0.191 e. The third-order valence-corrected chi connectivity index (χ3v) is 6.09. The Labute approximate surface area is 199 Å². The van der Waals surface area contributed by atoms with Gasteiger partial charge in [-0.15, -0.1) is 24.0 Å². The van der Waals surface area contributed by atoms with Gasteiger partial charge in [0.2, 0.25) is 0 Å². The number of aryl methyl sites for hydroxylation is 2. The number of halogens is 1. The number of guanidine groups is 1. The average Bonchev–Trinajstić information content (AvgIpc) is 2.99. The second-order valence-corrected chi connectivity index (χ2v) is 7.82. The quantitative estimate of drug-likeness (QED) is 0.260. The van der Waals surface area contributed by atoms with Crippen molar-refractivity contribution in [2.75, 3.05) is 13.6 Å². The fraction of sp³-hybridized carbons (Fsp3) is 0.565. The van der Waals surface area contributed by atoms with Gasteiger partial charge in [0.25, 0.3) is 0 Å². The lowest BCUT2D eigenvalue weighted by Crippen LogP contribution is -2.55. The molecule has 1 aromatic carbocycles. The lowest BCUT2D eigenvalue weighted by Gasteiger charge is -2.37. The van der Waals surface area contributed by atoms with Crippen molar-refractivity contribution in [1.82, 2.24) is 25.7 Å². The molecule has 0 aliphatic rings. The topological polar surface area (TPSA) is 66.3 Å². The molecule has 0 aliphatic carbocycles. The van der Waals surface area contributed by atoms with Gasteiger partial charge in [-0.05, 0) is 39.2 Å². The van der Waals surface area contributed by atoms with Crippen LogP contribution in [0.15, 0.2) is 35.3 Å². The van der Waals surface area contributed by atoms with Crippen molar-refractivity contribution in [2.45, 2.75) is 65.6 Å². The van der Waals surface area contributed by atoms with Crippen LogP contribution in [0.4, 0.5) is 0 Å². The molecule has 0 aliphatic heterocycles. The lowest BCUT2D eigenvalue weighted by molar-refractivity contribution is 0.271. The van der Waals surface area contributed by atoms with E-state index >= 15 is 0 Å². The molecular formula is C23H39IN6. The second-order valence-electron chi connectivity index (χ2n) is 7.82. The first kappa shape index (κ1) is 26.4. The van der Waals surface area contributed by atoms with Crippen LogP contribution < -0.4 is 16.0 Å². The molecule has 168 valence electrons. The Morgan fingerprint density at radius 2 is 1.77 bits per heavy atom. The van der Waals surface area contributed by atoms with E-state index in [9.17, 15) is 0 Å². The molecule has 0 fully saturated rings. The van der Waals surface area contributed by atoms with Crippen molar-refractivity contribution in [2.24, 2.45) is 12.0 Å². The minimum atomic E-state index is -0.00693. The van der Waals surface area contributed by atoms with Crippen molar-refractivity contribution in [3.63, 3.8) is 0 Å². The Morgan fingerprint density at radius 1 is 1.13 bits per heavy atom. The second kappa shape index (κ2) is 12.3. The summed E-state index contributed by atoms with van der Waals surface area (Å²) in [5.74, 6) is 0.813. The molecule has 3 N–H and O–H groups in total. The standard InChI is InChI=1S/C23H38N6.HI/c1-8-23(9-2,27-17(3)20-13-11-10-12-14-20)16-26-22(24-6)25-15-21-18(4)28-29(7)19(21)5;/h10-14,17,27H,8-9,15-16H2,1-7H3,(H2,24,25,26);1H. The summed E-state index contributed by atoms with van der Waals surface area (Å²) in [5, 5.41) is 15.3. The number of nitrogens with zero attached hydrogens (tertiary/aromatic N) is 3. The zero-order valence-electron chi connectivity index (χ0n) is 19.5. The van der Waals surface area contributed by atoms with Gasteiger partial charge in [0, 0.05) is 50.0 Å². The van der Waals surface area contributed by atoms with E-state index in [1.165, 1.54) is 16.8 Å². The van der Waals surface area contributed by atoms with Crippen molar-refractivity contribution in [3.05, 3.63) is 52.8 Å². The molecule has 0 amide bonds. The van der Waals surface area contributed by atoms with E-state index in [1.54, 1.807) is 0 Å². The van der Waals surface area contributed by atoms with Crippen LogP contribution in [-0.4, -0.2) is 34.9 Å². The molecule has 1 heterocycles. The minimum Gasteiger partial charge on any atom is -0.355 e. The molecule has 0 spiro atoms. The molecule has 2 rings (SSSR count). The predicted octanol–water partition coefficient (Wildman–Crippen LogP) is 4.23. The van der Waals surface area contributed by atoms with Crippen molar-refractivity contribution >= 4 is 29.9 Å². The summed E-state index contributed by atoms with van der Waals surface area (Å²) in [6.45, 7) is 12.4. The third-order valence-electron chi connectivity index (χ3n) is 6.09. The van der Waals surface area contributed by atoms with Crippen LogP contribution in [0.25, 0.3) is 0 Å². The molecule has 1 aromatic heterocycles. The highest BCUT2D eigenvalue weighted by Crippen LogP contribution is 2.21. The highest BCUT2D eigenvalue weighted by atomic mass is 127. The third kappa shape index (κ3) is 6.70. The molecule has 1 atom stereocenters.